The fourth-order valence-electron chi connectivity index (χ4n) is 4.04. The van der Waals surface area contributed by atoms with Crippen molar-refractivity contribution in [2.45, 2.75) is 32.7 Å². The summed E-state index contributed by atoms with van der Waals surface area (Å²) in [4.78, 5) is 32.3. The minimum Gasteiger partial charge on any atom is -0.496 e. The number of halogens is 2. The van der Waals surface area contributed by atoms with Crippen molar-refractivity contribution < 1.29 is 14.3 Å². The number of fused-ring (bicyclic) bond motifs is 1. The van der Waals surface area contributed by atoms with Crippen LogP contribution in [0.15, 0.2) is 63.5 Å². The van der Waals surface area contributed by atoms with E-state index in [1.54, 1.807) is 36.8 Å². The Bertz CT molecular complexity index is 1470. The SMILES string of the molecule is CCCC1=C(C(=O)OCC)[C@@H](c2cc(Cl)ccc2OC)n2c(s/c(=C/c3ccc(I)cc3)c2=O)=N1. The Morgan fingerprint density at radius 3 is 2.63 bits per heavy atom. The number of aromatic nitrogens is 1. The molecule has 0 radical (unpaired) electrons. The van der Waals surface area contributed by atoms with Gasteiger partial charge in [0.05, 0.1) is 29.5 Å². The van der Waals surface area contributed by atoms with E-state index in [0.717, 1.165) is 15.6 Å². The number of benzene rings is 2. The predicted molar refractivity (Wildman–Crippen MR) is 147 cm³/mol. The molecule has 2 heterocycles. The van der Waals surface area contributed by atoms with Gasteiger partial charge in [0.25, 0.3) is 5.56 Å². The van der Waals surface area contributed by atoms with Crippen molar-refractivity contribution in [2.24, 2.45) is 4.99 Å². The van der Waals surface area contributed by atoms with Crippen LogP contribution in [0.25, 0.3) is 6.08 Å². The molecule has 1 aromatic heterocycles. The third-order valence-corrected chi connectivity index (χ3v) is 7.48. The maximum atomic E-state index is 13.8. The van der Waals surface area contributed by atoms with E-state index in [0.29, 0.717) is 43.4 Å². The summed E-state index contributed by atoms with van der Waals surface area (Å²) in [6.07, 6.45) is 3.19. The first kappa shape index (κ1) is 25.7. The number of methoxy groups -OCH3 is 1. The molecule has 2 aromatic carbocycles. The molecule has 1 aliphatic heterocycles. The van der Waals surface area contributed by atoms with Gasteiger partial charge in [0, 0.05) is 14.2 Å². The summed E-state index contributed by atoms with van der Waals surface area (Å²) >= 11 is 9.91. The molecule has 0 spiro atoms. The van der Waals surface area contributed by atoms with Crippen molar-refractivity contribution in [1.29, 1.82) is 0 Å². The fourth-order valence-corrected chi connectivity index (χ4v) is 5.60. The summed E-state index contributed by atoms with van der Waals surface area (Å²) in [6, 6.07) is 12.3. The normalized spacial score (nSPS) is 15.6. The van der Waals surface area contributed by atoms with Gasteiger partial charge in [-0.2, -0.15) is 0 Å². The number of hydrogen-bond acceptors (Lipinski definition) is 6. The molecule has 0 saturated carbocycles. The maximum absolute atomic E-state index is 13.8. The average molecular weight is 623 g/mol. The molecule has 0 aliphatic carbocycles. The second-order valence-corrected chi connectivity index (χ2v) is 10.5. The molecular weight excluding hydrogens is 599 g/mol. The van der Waals surface area contributed by atoms with Gasteiger partial charge in [-0.1, -0.05) is 48.4 Å². The van der Waals surface area contributed by atoms with Crippen LogP contribution >= 0.6 is 45.5 Å². The number of thiazole rings is 1. The van der Waals surface area contributed by atoms with Crippen LogP contribution < -0.4 is 19.6 Å². The lowest BCUT2D eigenvalue weighted by molar-refractivity contribution is -0.139. The zero-order valence-corrected chi connectivity index (χ0v) is 23.2. The molecule has 1 atom stereocenters. The van der Waals surface area contributed by atoms with Gasteiger partial charge in [0.15, 0.2) is 4.80 Å². The summed E-state index contributed by atoms with van der Waals surface area (Å²) in [6.45, 7) is 3.98. The van der Waals surface area contributed by atoms with Crippen molar-refractivity contribution in [1.82, 2.24) is 4.57 Å². The Labute approximate surface area is 225 Å². The third kappa shape index (κ3) is 5.24. The number of hydrogen-bond donors (Lipinski definition) is 0. The molecule has 0 fully saturated rings. The van der Waals surface area contributed by atoms with E-state index in [1.165, 1.54) is 11.3 Å². The van der Waals surface area contributed by atoms with Gasteiger partial charge in [-0.05, 0) is 77.9 Å². The zero-order valence-electron chi connectivity index (χ0n) is 19.5. The number of esters is 1. The van der Waals surface area contributed by atoms with Gasteiger partial charge in [-0.25, -0.2) is 9.79 Å². The number of carbonyl (C=O) groups excluding carboxylic acids is 1. The predicted octanol–water partition coefficient (Wildman–Crippen LogP) is 4.85. The first-order chi connectivity index (χ1) is 16.9. The zero-order chi connectivity index (χ0) is 25.1. The minimum atomic E-state index is -0.778. The number of ether oxygens (including phenoxy) is 2. The molecule has 182 valence electrons. The van der Waals surface area contributed by atoms with E-state index in [9.17, 15) is 9.59 Å². The van der Waals surface area contributed by atoms with E-state index < -0.39 is 12.0 Å². The molecule has 6 nitrogen and oxygen atoms in total. The fraction of sp³-hybridized carbons (Fsp3) is 0.269. The highest BCUT2D eigenvalue weighted by Gasteiger charge is 2.36. The van der Waals surface area contributed by atoms with Gasteiger partial charge in [0.1, 0.15) is 11.8 Å². The van der Waals surface area contributed by atoms with Crippen molar-refractivity contribution in [3.05, 3.63) is 93.1 Å². The van der Waals surface area contributed by atoms with E-state index in [1.807, 2.05) is 37.3 Å². The van der Waals surface area contributed by atoms with E-state index in [4.69, 9.17) is 26.1 Å². The molecule has 35 heavy (non-hydrogen) atoms. The molecule has 0 unspecified atom stereocenters. The van der Waals surface area contributed by atoms with Gasteiger partial charge >= 0.3 is 5.97 Å². The molecule has 3 aromatic rings. The van der Waals surface area contributed by atoms with Crippen LogP contribution in [-0.4, -0.2) is 24.3 Å². The number of rotatable bonds is 7. The quantitative estimate of drug-likeness (QED) is 0.279. The largest absolute Gasteiger partial charge is 0.496 e. The average Bonchev–Trinajstić information content (AvgIpc) is 3.14. The first-order valence-corrected chi connectivity index (χ1v) is 13.5. The number of allylic oxidation sites excluding steroid dienone is 1. The summed E-state index contributed by atoms with van der Waals surface area (Å²) in [5, 5.41) is 0.471. The van der Waals surface area contributed by atoms with Crippen LogP contribution in [0, 0.1) is 3.57 Å². The first-order valence-electron chi connectivity index (χ1n) is 11.2. The second-order valence-electron chi connectivity index (χ2n) is 7.85. The minimum absolute atomic E-state index is 0.207. The lowest BCUT2D eigenvalue weighted by Gasteiger charge is -2.27. The van der Waals surface area contributed by atoms with Crippen molar-refractivity contribution >= 4 is 57.6 Å². The Morgan fingerprint density at radius 1 is 1.23 bits per heavy atom. The van der Waals surface area contributed by atoms with Crippen LogP contribution in [0.2, 0.25) is 5.02 Å². The molecule has 4 rings (SSSR count). The highest BCUT2D eigenvalue weighted by atomic mass is 127. The lowest BCUT2D eigenvalue weighted by Crippen LogP contribution is -2.40. The van der Waals surface area contributed by atoms with Crippen LogP contribution in [-0.2, 0) is 9.53 Å². The Hall–Kier alpha value is -2.43. The van der Waals surface area contributed by atoms with Gasteiger partial charge in [-0.3, -0.25) is 9.36 Å². The van der Waals surface area contributed by atoms with Crippen molar-refractivity contribution in [2.75, 3.05) is 13.7 Å². The van der Waals surface area contributed by atoms with Crippen molar-refractivity contribution in [3.63, 3.8) is 0 Å². The van der Waals surface area contributed by atoms with E-state index >= 15 is 0 Å². The summed E-state index contributed by atoms with van der Waals surface area (Å²) in [5.74, 6) is 0.0183. The van der Waals surface area contributed by atoms with Gasteiger partial charge in [-0.15, -0.1) is 0 Å². The monoisotopic (exact) mass is 622 g/mol. The van der Waals surface area contributed by atoms with Crippen LogP contribution in [0.3, 0.4) is 0 Å². The number of carbonyl (C=O) groups is 1. The van der Waals surface area contributed by atoms with Crippen LogP contribution in [0.1, 0.15) is 43.9 Å². The third-order valence-electron chi connectivity index (χ3n) is 5.55. The van der Waals surface area contributed by atoms with Crippen LogP contribution in [0.4, 0.5) is 0 Å². The molecule has 0 bridgehead atoms. The summed E-state index contributed by atoms with van der Waals surface area (Å²) in [5.41, 5.74) is 2.22. The topological polar surface area (TPSA) is 69.9 Å². The van der Waals surface area contributed by atoms with Crippen LogP contribution in [0.5, 0.6) is 5.75 Å². The summed E-state index contributed by atoms with van der Waals surface area (Å²) < 4.78 is 14.2. The lowest BCUT2D eigenvalue weighted by atomic mass is 9.93. The Balaban J connectivity index is 2.04. The Morgan fingerprint density at radius 2 is 1.97 bits per heavy atom. The molecular formula is C26H24ClIN2O4S. The van der Waals surface area contributed by atoms with Crippen molar-refractivity contribution in [3.8, 4) is 5.75 Å². The second kappa shape index (κ2) is 11.1. The molecule has 0 N–H and O–H groups in total. The molecule has 1 aliphatic rings. The summed E-state index contributed by atoms with van der Waals surface area (Å²) in [7, 11) is 1.55. The van der Waals surface area contributed by atoms with Gasteiger partial charge < -0.3 is 9.47 Å². The van der Waals surface area contributed by atoms with E-state index in [-0.39, 0.29) is 12.2 Å². The molecule has 9 heteroatoms. The molecule has 0 amide bonds. The number of nitrogens with zero attached hydrogens (tertiary/aromatic N) is 2. The van der Waals surface area contributed by atoms with E-state index in [2.05, 4.69) is 22.6 Å². The Kier molecular flexibility index (Phi) is 8.13. The highest BCUT2D eigenvalue weighted by molar-refractivity contribution is 14.1. The molecule has 0 saturated heterocycles. The smallest absolute Gasteiger partial charge is 0.338 e. The van der Waals surface area contributed by atoms with Gasteiger partial charge in [0.2, 0.25) is 0 Å². The maximum Gasteiger partial charge on any atom is 0.338 e. The highest BCUT2D eigenvalue weighted by Crippen LogP contribution is 2.38. The standard InChI is InChI=1S/C26H24ClIN2O4S/c1-4-6-19-22(25(32)34-5-2)23(18-14-16(27)9-12-20(18)33-3)30-24(31)21(35-26(30)29-19)13-15-7-10-17(28)11-8-15/h7-14,23H,4-6H2,1-3H3/b21-13+/t23-/m1/s1.